The zero-order chi connectivity index (χ0) is 16.2. The van der Waals surface area contributed by atoms with Crippen LogP contribution >= 0.6 is 11.6 Å². The van der Waals surface area contributed by atoms with E-state index < -0.39 is 17.2 Å². The van der Waals surface area contributed by atoms with E-state index in [0.717, 1.165) is 6.07 Å². The maximum atomic E-state index is 13.0. The number of amides is 1. The molecule has 1 saturated heterocycles. The second-order valence-corrected chi connectivity index (χ2v) is 5.79. The van der Waals surface area contributed by atoms with Gasteiger partial charge < -0.3 is 15.2 Å². The molecule has 1 fully saturated rings. The van der Waals surface area contributed by atoms with Crippen LogP contribution in [-0.4, -0.2) is 36.7 Å². The first-order valence-corrected chi connectivity index (χ1v) is 7.32. The van der Waals surface area contributed by atoms with Crippen molar-refractivity contribution >= 4 is 23.5 Å². The zero-order valence-electron chi connectivity index (χ0n) is 11.9. The molecule has 5 nitrogen and oxygen atoms in total. The van der Waals surface area contributed by atoms with Gasteiger partial charge in [0.25, 0.3) is 0 Å². The lowest BCUT2D eigenvalue weighted by Gasteiger charge is -2.33. The Kier molecular flexibility index (Phi) is 5.37. The number of benzene rings is 1. The standard InChI is InChI=1S/C15H17ClFNO4/c16-12-8-11(17)2-1-10(12)7-13(19)18-9-15(14(20)21)3-5-22-6-4-15/h1-2,8H,3-7,9H2,(H,18,19)(H,20,21). The minimum Gasteiger partial charge on any atom is -0.481 e. The van der Waals surface area contributed by atoms with Crippen molar-refractivity contribution in [3.8, 4) is 0 Å². The molecule has 0 spiro atoms. The molecule has 1 heterocycles. The normalized spacial score (nSPS) is 17.0. The van der Waals surface area contributed by atoms with Crippen molar-refractivity contribution in [3.63, 3.8) is 0 Å². The van der Waals surface area contributed by atoms with E-state index in [-0.39, 0.29) is 23.9 Å². The highest BCUT2D eigenvalue weighted by Crippen LogP contribution is 2.30. The van der Waals surface area contributed by atoms with Crippen LogP contribution in [0.5, 0.6) is 0 Å². The topological polar surface area (TPSA) is 75.6 Å². The average Bonchev–Trinajstić information content (AvgIpc) is 2.49. The molecule has 1 aliphatic rings. The number of hydrogen-bond acceptors (Lipinski definition) is 3. The van der Waals surface area contributed by atoms with Gasteiger partial charge in [0.1, 0.15) is 5.82 Å². The molecule has 2 N–H and O–H groups in total. The fraction of sp³-hybridized carbons (Fsp3) is 0.467. The molecule has 0 aromatic heterocycles. The Morgan fingerprint density at radius 3 is 2.64 bits per heavy atom. The Hall–Kier alpha value is -1.66. The first kappa shape index (κ1) is 16.7. The minimum atomic E-state index is -0.986. The minimum absolute atomic E-state index is 0.0225. The lowest BCUT2D eigenvalue weighted by molar-refractivity contribution is -0.154. The number of halogens is 2. The van der Waals surface area contributed by atoms with Crippen LogP contribution < -0.4 is 5.32 Å². The molecular weight excluding hydrogens is 313 g/mol. The quantitative estimate of drug-likeness (QED) is 0.866. The van der Waals surface area contributed by atoms with Crippen molar-refractivity contribution in [1.29, 1.82) is 0 Å². The monoisotopic (exact) mass is 329 g/mol. The van der Waals surface area contributed by atoms with Gasteiger partial charge in [0.05, 0.1) is 11.8 Å². The van der Waals surface area contributed by atoms with Gasteiger partial charge >= 0.3 is 5.97 Å². The van der Waals surface area contributed by atoms with Crippen molar-refractivity contribution in [1.82, 2.24) is 5.32 Å². The maximum absolute atomic E-state index is 13.0. The first-order valence-electron chi connectivity index (χ1n) is 6.95. The van der Waals surface area contributed by atoms with Crippen LogP contribution in [0.2, 0.25) is 5.02 Å². The van der Waals surface area contributed by atoms with Crippen LogP contribution in [0, 0.1) is 11.2 Å². The van der Waals surface area contributed by atoms with Crippen molar-refractivity contribution in [2.75, 3.05) is 19.8 Å². The molecule has 0 unspecified atom stereocenters. The maximum Gasteiger partial charge on any atom is 0.311 e. The van der Waals surface area contributed by atoms with Gasteiger partial charge in [0.15, 0.2) is 0 Å². The number of hydrogen-bond donors (Lipinski definition) is 2. The number of carbonyl (C=O) groups is 2. The summed E-state index contributed by atoms with van der Waals surface area (Å²) in [4.78, 5) is 23.4. The molecule has 22 heavy (non-hydrogen) atoms. The smallest absolute Gasteiger partial charge is 0.311 e. The van der Waals surface area contributed by atoms with Gasteiger partial charge in [-0.15, -0.1) is 0 Å². The van der Waals surface area contributed by atoms with E-state index in [4.69, 9.17) is 16.3 Å². The van der Waals surface area contributed by atoms with Crippen molar-refractivity contribution in [2.24, 2.45) is 5.41 Å². The molecule has 1 aliphatic heterocycles. The fourth-order valence-electron chi connectivity index (χ4n) is 2.40. The predicted octanol–water partition coefficient (Wildman–Crippen LogP) is 2.02. The van der Waals surface area contributed by atoms with E-state index in [1.807, 2.05) is 0 Å². The summed E-state index contributed by atoms with van der Waals surface area (Å²) in [6, 6.07) is 3.81. The van der Waals surface area contributed by atoms with E-state index in [0.29, 0.717) is 31.6 Å². The summed E-state index contributed by atoms with van der Waals surface area (Å²) in [6.07, 6.45) is 0.700. The van der Waals surface area contributed by atoms with Crippen LogP contribution in [0.15, 0.2) is 18.2 Å². The summed E-state index contributed by atoms with van der Waals surface area (Å²) in [5, 5.41) is 12.2. The lowest BCUT2D eigenvalue weighted by Crippen LogP contribution is -2.46. The molecule has 2 rings (SSSR count). The van der Waals surface area contributed by atoms with Gasteiger partial charge in [-0.1, -0.05) is 17.7 Å². The zero-order valence-corrected chi connectivity index (χ0v) is 12.7. The molecule has 0 bridgehead atoms. The van der Waals surface area contributed by atoms with E-state index in [1.165, 1.54) is 12.1 Å². The van der Waals surface area contributed by atoms with E-state index in [9.17, 15) is 19.1 Å². The van der Waals surface area contributed by atoms with E-state index >= 15 is 0 Å². The second kappa shape index (κ2) is 7.07. The number of carboxylic acid groups (broad SMARTS) is 1. The van der Waals surface area contributed by atoms with Gasteiger partial charge in [0, 0.05) is 24.8 Å². The van der Waals surface area contributed by atoms with Crippen LogP contribution in [-0.2, 0) is 20.7 Å². The third kappa shape index (κ3) is 3.96. The highest BCUT2D eigenvalue weighted by atomic mass is 35.5. The largest absolute Gasteiger partial charge is 0.481 e. The molecule has 0 atom stereocenters. The first-order chi connectivity index (χ1) is 10.4. The summed E-state index contributed by atoms with van der Waals surface area (Å²) < 4.78 is 18.1. The Morgan fingerprint density at radius 1 is 1.36 bits per heavy atom. The fourth-order valence-corrected chi connectivity index (χ4v) is 2.63. The SMILES string of the molecule is O=C(Cc1ccc(F)cc1Cl)NCC1(C(=O)O)CCOCC1. The molecule has 0 radical (unpaired) electrons. The van der Waals surface area contributed by atoms with Gasteiger partial charge in [-0.25, -0.2) is 4.39 Å². The molecule has 0 aliphatic carbocycles. The number of rotatable bonds is 5. The number of aliphatic carboxylic acids is 1. The van der Waals surface area contributed by atoms with E-state index in [2.05, 4.69) is 5.32 Å². The summed E-state index contributed by atoms with van der Waals surface area (Å²) in [6.45, 7) is 0.779. The lowest BCUT2D eigenvalue weighted by atomic mass is 9.80. The molecule has 120 valence electrons. The third-order valence-corrected chi connectivity index (χ3v) is 4.25. The van der Waals surface area contributed by atoms with Crippen LogP contribution in [0.1, 0.15) is 18.4 Å². The average molecular weight is 330 g/mol. The predicted molar refractivity (Wildman–Crippen MR) is 78.2 cm³/mol. The summed E-state index contributed by atoms with van der Waals surface area (Å²) in [5.41, 5.74) is -0.488. The summed E-state index contributed by atoms with van der Waals surface area (Å²) >= 11 is 5.87. The van der Waals surface area contributed by atoms with Crippen molar-refractivity contribution in [3.05, 3.63) is 34.6 Å². The van der Waals surface area contributed by atoms with Crippen LogP contribution in [0.3, 0.4) is 0 Å². The highest BCUT2D eigenvalue weighted by molar-refractivity contribution is 6.31. The number of carbonyl (C=O) groups excluding carboxylic acids is 1. The van der Waals surface area contributed by atoms with Gasteiger partial charge in [-0.05, 0) is 30.5 Å². The molecule has 1 aromatic carbocycles. The Labute approximate surface area is 132 Å². The summed E-state index contributed by atoms with van der Waals surface area (Å²) in [5.74, 6) is -1.75. The third-order valence-electron chi connectivity index (χ3n) is 3.89. The van der Waals surface area contributed by atoms with Crippen LogP contribution in [0.25, 0.3) is 0 Å². The Morgan fingerprint density at radius 2 is 2.05 bits per heavy atom. The Bertz CT molecular complexity index is 573. The second-order valence-electron chi connectivity index (χ2n) is 5.39. The Balaban J connectivity index is 1.95. The molecule has 7 heteroatoms. The molecular formula is C15H17ClFNO4. The summed E-state index contributed by atoms with van der Waals surface area (Å²) in [7, 11) is 0. The molecule has 1 amide bonds. The molecule has 1 aromatic rings. The van der Waals surface area contributed by atoms with Gasteiger partial charge in [-0.2, -0.15) is 0 Å². The van der Waals surface area contributed by atoms with Crippen molar-refractivity contribution in [2.45, 2.75) is 19.3 Å². The van der Waals surface area contributed by atoms with Crippen LogP contribution in [0.4, 0.5) is 4.39 Å². The number of nitrogens with one attached hydrogen (secondary N) is 1. The number of ether oxygens (including phenoxy) is 1. The van der Waals surface area contributed by atoms with Gasteiger partial charge in [-0.3, -0.25) is 9.59 Å². The molecule has 0 saturated carbocycles. The highest BCUT2D eigenvalue weighted by Gasteiger charge is 2.40. The van der Waals surface area contributed by atoms with Gasteiger partial charge in [0.2, 0.25) is 5.91 Å². The number of carboxylic acids is 1. The van der Waals surface area contributed by atoms with Crippen molar-refractivity contribution < 1.29 is 23.8 Å². The van der Waals surface area contributed by atoms with E-state index in [1.54, 1.807) is 0 Å².